The summed E-state index contributed by atoms with van der Waals surface area (Å²) in [6, 6.07) is 0. The zero-order valence-electron chi connectivity index (χ0n) is 8.79. The van der Waals surface area contributed by atoms with Gasteiger partial charge < -0.3 is 15.5 Å². The first-order chi connectivity index (χ1) is 6.57. The Hall–Kier alpha value is -0.870. The van der Waals surface area contributed by atoms with Crippen molar-refractivity contribution < 1.29 is 15.0 Å². The molecule has 0 heterocycles. The first-order valence-corrected chi connectivity index (χ1v) is 4.86. The number of carboxylic acid groups (broad SMARTS) is 1. The van der Waals surface area contributed by atoms with Gasteiger partial charge in [0.25, 0.3) is 0 Å². The lowest BCUT2D eigenvalue weighted by Crippen LogP contribution is -2.26. The third-order valence-corrected chi connectivity index (χ3v) is 1.89. The van der Waals surface area contributed by atoms with E-state index in [1.165, 1.54) is 0 Å². The number of aliphatic hydroxyl groups excluding tert-OH is 1. The molecule has 1 unspecified atom stereocenters. The summed E-state index contributed by atoms with van der Waals surface area (Å²) in [4.78, 5) is 10.4. The second-order valence-electron chi connectivity index (χ2n) is 3.29. The number of rotatable bonds is 7. The molecule has 1 atom stereocenters. The molecule has 0 radical (unpaired) electrons. The summed E-state index contributed by atoms with van der Waals surface area (Å²) >= 11 is 0. The first-order valence-electron chi connectivity index (χ1n) is 4.86. The van der Waals surface area contributed by atoms with Crippen LogP contribution in [-0.4, -0.2) is 35.4 Å². The molecule has 0 aromatic carbocycles. The predicted molar refractivity (Wildman–Crippen MR) is 55.2 cm³/mol. The highest BCUT2D eigenvalue weighted by atomic mass is 16.4. The average molecular weight is 201 g/mol. The van der Waals surface area contributed by atoms with Crippen LogP contribution in [-0.2, 0) is 4.79 Å². The Morgan fingerprint density at radius 1 is 1.57 bits per heavy atom. The number of aliphatic hydroxyl groups is 1. The van der Waals surface area contributed by atoms with Crippen LogP contribution in [0.25, 0.3) is 0 Å². The van der Waals surface area contributed by atoms with Crippen LogP contribution < -0.4 is 5.32 Å². The molecule has 0 saturated heterocycles. The molecule has 4 nitrogen and oxygen atoms in total. The lowest BCUT2D eigenvalue weighted by atomic mass is 10.2. The molecule has 0 amide bonds. The van der Waals surface area contributed by atoms with Gasteiger partial charge in [-0.25, -0.2) is 4.79 Å². The second kappa shape index (κ2) is 7.53. The van der Waals surface area contributed by atoms with Crippen molar-refractivity contribution in [1.29, 1.82) is 0 Å². The molecule has 0 aromatic heterocycles. The molecule has 0 aliphatic rings. The number of hydrogen-bond donors (Lipinski definition) is 3. The second-order valence-corrected chi connectivity index (χ2v) is 3.29. The van der Waals surface area contributed by atoms with Gasteiger partial charge in [0.2, 0.25) is 0 Å². The third-order valence-electron chi connectivity index (χ3n) is 1.89. The molecular weight excluding hydrogens is 182 g/mol. The van der Waals surface area contributed by atoms with Crippen molar-refractivity contribution in [2.45, 2.75) is 32.8 Å². The molecule has 0 rings (SSSR count). The summed E-state index contributed by atoms with van der Waals surface area (Å²) in [5.74, 6) is -0.902. The van der Waals surface area contributed by atoms with Gasteiger partial charge in [0.05, 0.1) is 6.10 Å². The van der Waals surface area contributed by atoms with Crippen molar-refractivity contribution in [1.82, 2.24) is 5.32 Å². The van der Waals surface area contributed by atoms with Crippen molar-refractivity contribution in [3.63, 3.8) is 0 Å². The molecular formula is C10H19NO3. The SMILES string of the molecule is CCCC(O)CNC/C=C(/C)C(=O)O. The van der Waals surface area contributed by atoms with E-state index in [9.17, 15) is 9.90 Å². The fraction of sp³-hybridized carbons (Fsp3) is 0.700. The normalized spacial score (nSPS) is 14.1. The molecule has 0 aromatic rings. The van der Waals surface area contributed by atoms with Crippen molar-refractivity contribution in [2.24, 2.45) is 0 Å². The minimum atomic E-state index is -0.902. The molecule has 14 heavy (non-hydrogen) atoms. The van der Waals surface area contributed by atoms with Crippen LogP contribution in [0.15, 0.2) is 11.6 Å². The van der Waals surface area contributed by atoms with Gasteiger partial charge in [0, 0.05) is 18.7 Å². The van der Waals surface area contributed by atoms with E-state index in [2.05, 4.69) is 5.32 Å². The van der Waals surface area contributed by atoms with Crippen molar-refractivity contribution in [2.75, 3.05) is 13.1 Å². The van der Waals surface area contributed by atoms with Crippen LogP contribution in [0.5, 0.6) is 0 Å². The van der Waals surface area contributed by atoms with Crippen LogP contribution in [0.3, 0.4) is 0 Å². The molecule has 82 valence electrons. The maximum atomic E-state index is 10.4. The zero-order valence-corrected chi connectivity index (χ0v) is 8.79. The molecule has 3 N–H and O–H groups in total. The fourth-order valence-electron chi connectivity index (χ4n) is 0.998. The van der Waals surface area contributed by atoms with Crippen molar-refractivity contribution in [3.05, 3.63) is 11.6 Å². The van der Waals surface area contributed by atoms with Crippen LogP contribution in [0.2, 0.25) is 0 Å². The minimum Gasteiger partial charge on any atom is -0.478 e. The van der Waals surface area contributed by atoms with E-state index in [1.807, 2.05) is 6.92 Å². The highest BCUT2D eigenvalue weighted by Crippen LogP contribution is 1.94. The summed E-state index contributed by atoms with van der Waals surface area (Å²) in [6.45, 7) is 4.56. The predicted octanol–water partition coefficient (Wildman–Crippen LogP) is 0.768. The average Bonchev–Trinajstić information content (AvgIpc) is 2.12. The van der Waals surface area contributed by atoms with Crippen molar-refractivity contribution in [3.8, 4) is 0 Å². The Kier molecular flexibility index (Phi) is 7.06. The van der Waals surface area contributed by atoms with Gasteiger partial charge in [0.1, 0.15) is 0 Å². The Bertz CT molecular complexity index is 202. The molecule has 0 spiro atoms. The Balaban J connectivity index is 3.55. The summed E-state index contributed by atoms with van der Waals surface area (Å²) in [5, 5.41) is 20.8. The van der Waals surface area contributed by atoms with Gasteiger partial charge in [-0.05, 0) is 13.3 Å². The molecule has 4 heteroatoms. The standard InChI is InChI=1S/C10H19NO3/c1-3-4-9(12)7-11-6-5-8(2)10(13)14/h5,9,11-12H,3-4,6-7H2,1-2H3,(H,13,14)/b8-5-. The van der Waals surface area contributed by atoms with E-state index in [0.29, 0.717) is 18.7 Å². The van der Waals surface area contributed by atoms with Gasteiger partial charge in [-0.3, -0.25) is 0 Å². The third kappa shape index (κ3) is 6.62. The summed E-state index contributed by atoms with van der Waals surface area (Å²) < 4.78 is 0. The van der Waals surface area contributed by atoms with Crippen LogP contribution in [0, 0.1) is 0 Å². The lowest BCUT2D eigenvalue weighted by Gasteiger charge is -2.08. The maximum Gasteiger partial charge on any atom is 0.330 e. The first kappa shape index (κ1) is 13.1. The molecule has 0 bridgehead atoms. The van der Waals surface area contributed by atoms with E-state index >= 15 is 0 Å². The van der Waals surface area contributed by atoms with Crippen LogP contribution >= 0.6 is 0 Å². The van der Waals surface area contributed by atoms with Crippen molar-refractivity contribution >= 4 is 5.97 Å². The summed E-state index contributed by atoms with van der Waals surface area (Å²) in [5.41, 5.74) is 0.322. The van der Waals surface area contributed by atoms with Gasteiger partial charge >= 0.3 is 5.97 Å². The number of nitrogens with one attached hydrogen (secondary N) is 1. The van der Waals surface area contributed by atoms with E-state index < -0.39 is 5.97 Å². The molecule has 0 fully saturated rings. The van der Waals surface area contributed by atoms with Gasteiger partial charge in [0.15, 0.2) is 0 Å². The topological polar surface area (TPSA) is 69.6 Å². The van der Waals surface area contributed by atoms with Gasteiger partial charge in [-0.2, -0.15) is 0 Å². The zero-order chi connectivity index (χ0) is 11.0. The summed E-state index contributed by atoms with van der Waals surface area (Å²) in [7, 11) is 0. The number of aliphatic carboxylic acids is 1. The van der Waals surface area contributed by atoms with Crippen LogP contribution in [0.4, 0.5) is 0 Å². The number of hydrogen-bond acceptors (Lipinski definition) is 3. The van der Waals surface area contributed by atoms with Gasteiger partial charge in [-0.15, -0.1) is 0 Å². The number of carbonyl (C=O) groups is 1. The smallest absolute Gasteiger partial charge is 0.330 e. The minimum absolute atomic E-state index is 0.322. The lowest BCUT2D eigenvalue weighted by molar-refractivity contribution is -0.132. The molecule has 0 aliphatic heterocycles. The van der Waals surface area contributed by atoms with E-state index in [1.54, 1.807) is 13.0 Å². The number of carboxylic acids is 1. The van der Waals surface area contributed by atoms with Crippen LogP contribution in [0.1, 0.15) is 26.7 Å². The molecule has 0 saturated carbocycles. The highest BCUT2D eigenvalue weighted by molar-refractivity contribution is 5.85. The maximum absolute atomic E-state index is 10.4. The highest BCUT2D eigenvalue weighted by Gasteiger charge is 2.01. The molecule has 0 aliphatic carbocycles. The van der Waals surface area contributed by atoms with Gasteiger partial charge in [-0.1, -0.05) is 19.4 Å². The quantitative estimate of drug-likeness (QED) is 0.420. The Labute approximate surface area is 84.6 Å². The largest absolute Gasteiger partial charge is 0.478 e. The summed E-state index contributed by atoms with van der Waals surface area (Å²) in [6.07, 6.45) is 2.99. The Morgan fingerprint density at radius 3 is 2.71 bits per heavy atom. The van der Waals surface area contributed by atoms with E-state index in [-0.39, 0.29) is 6.10 Å². The van der Waals surface area contributed by atoms with E-state index in [0.717, 1.165) is 12.8 Å². The fourth-order valence-corrected chi connectivity index (χ4v) is 0.998. The van der Waals surface area contributed by atoms with E-state index in [4.69, 9.17) is 5.11 Å². The monoisotopic (exact) mass is 201 g/mol. The Morgan fingerprint density at radius 2 is 2.21 bits per heavy atom.